The number of ether oxygens (including phenoxy) is 1. The van der Waals surface area contributed by atoms with Crippen LogP contribution in [0.25, 0.3) is 0 Å². The molecule has 1 aliphatic rings. The third-order valence-electron chi connectivity index (χ3n) is 4.89. The second-order valence-electron chi connectivity index (χ2n) is 7.01. The molecule has 0 saturated carbocycles. The zero-order chi connectivity index (χ0) is 22.5. The molecule has 32 heavy (non-hydrogen) atoms. The molecule has 3 aromatic carbocycles. The summed E-state index contributed by atoms with van der Waals surface area (Å²) in [5, 5.41) is 11.0. The van der Waals surface area contributed by atoms with Crippen molar-refractivity contribution in [3.63, 3.8) is 0 Å². The van der Waals surface area contributed by atoms with Gasteiger partial charge in [-0.05, 0) is 54.6 Å². The smallest absolute Gasteiger partial charge is 0.266 e. The van der Waals surface area contributed by atoms with E-state index in [0.717, 1.165) is 10.6 Å². The number of nitrogens with one attached hydrogen (secondary N) is 1. The minimum absolute atomic E-state index is 0.197. The van der Waals surface area contributed by atoms with Crippen molar-refractivity contribution in [3.05, 3.63) is 89.5 Å². The van der Waals surface area contributed by atoms with E-state index in [1.807, 2.05) is 30.3 Å². The molecule has 1 N–H and O–H groups in total. The molecule has 0 fully saturated rings. The van der Waals surface area contributed by atoms with Gasteiger partial charge in [0.05, 0.1) is 34.8 Å². The third kappa shape index (κ3) is 4.30. The molecule has 0 aliphatic carbocycles. The van der Waals surface area contributed by atoms with Crippen LogP contribution in [0.4, 0.5) is 17.1 Å². The minimum atomic E-state index is -0.477. The lowest BCUT2D eigenvalue weighted by atomic mass is 10.1. The highest BCUT2D eigenvalue weighted by molar-refractivity contribution is 6.34. The molecule has 8 heteroatoms. The molecule has 0 aromatic heterocycles. The molecule has 0 atom stereocenters. The summed E-state index contributed by atoms with van der Waals surface area (Å²) >= 11 is 0. The summed E-state index contributed by atoms with van der Waals surface area (Å²) in [6.45, 7) is 0.724. The molecule has 4 rings (SSSR count). The second kappa shape index (κ2) is 9.32. The van der Waals surface area contributed by atoms with E-state index in [9.17, 15) is 14.4 Å². The highest BCUT2D eigenvalue weighted by Crippen LogP contribution is 2.30. The lowest BCUT2D eigenvalue weighted by molar-refractivity contribution is 0.0921. The Morgan fingerprint density at radius 3 is 2.22 bits per heavy atom. The van der Waals surface area contributed by atoms with Gasteiger partial charge in [0.25, 0.3) is 17.7 Å². The Kier molecular flexibility index (Phi) is 6.14. The van der Waals surface area contributed by atoms with E-state index in [0.29, 0.717) is 30.1 Å². The lowest BCUT2D eigenvalue weighted by Crippen LogP contribution is -2.29. The number of hydrogen-bond acceptors (Lipinski definition) is 6. The van der Waals surface area contributed by atoms with Gasteiger partial charge in [-0.2, -0.15) is 10.2 Å². The molecule has 0 unspecified atom stereocenters. The topological polar surface area (TPSA) is 100 Å². The summed E-state index contributed by atoms with van der Waals surface area (Å²) in [6.07, 6.45) is 0. The van der Waals surface area contributed by atoms with Gasteiger partial charge in [0.1, 0.15) is 0 Å². The zero-order valence-electron chi connectivity index (χ0n) is 17.3. The van der Waals surface area contributed by atoms with Crippen molar-refractivity contribution >= 4 is 34.8 Å². The Hall–Kier alpha value is -4.17. The normalized spacial score (nSPS) is 13.0. The fourth-order valence-electron chi connectivity index (χ4n) is 3.26. The minimum Gasteiger partial charge on any atom is -0.383 e. The van der Waals surface area contributed by atoms with E-state index < -0.39 is 11.8 Å². The summed E-state index contributed by atoms with van der Waals surface area (Å²) < 4.78 is 4.91. The number of benzene rings is 3. The number of methoxy groups -OCH3 is 1. The van der Waals surface area contributed by atoms with Crippen LogP contribution in [0, 0.1) is 0 Å². The Morgan fingerprint density at radius 1 is 0.875 bits per heavy atom. The summed E-state index contributed by atoms with van der Waals surface area (Å²) in [5.74, 6) is -1.25. The van der Waals surface area contributed by atoms with E-state index in [1.165, 1.54) is 18.2 Å². The van der Waals surface area contributed by atoms with E-state index in [4.69, 9.17) is 4.74 Å². The molecule has 1 aliphatic heterocycles. The molecule has 3 amide bonds. The predicted octanol–water partition coefficient (Wildman–Crippen LogP) is 4.28. The quantitative estimate of drug-likeness (QED) is 0.345. The maximum atomic E-state index is 12.9. The Balaban J connectivity index is 1.51. The first-order valence-electron chi connectivity index (χ1n) is 9.95. The first kappa shape index (κ1) is 21.1. The first-order valence-corrected chi connectivity index (χ1v) is 9.95. The number of hydrogen-bond donors (Lipinski definition) is 1. The number of amides is 3. The van der Waals surface area contributed by atoms with Crippen molar-refractivity contribution < 1.29 is 19.1 Å². The highest BCUT2D eigenvalue weighted by Gasteiger charge is 2.37. The van der Waals surface area contributed by atoms with Crippen LogP contribution >= 0.6 is 0 Å². The van der Waals surface area contributed by atoms with Crippen LogP contribution in [0.1, 0.15) is 31.1 Å². The van der Waals surface area contributed by atoms with E-state index in [-0.39, 0.29) is 17.0 Å². The highest BCUT2D eigenvalue weighted by atomic mass is 16.5. The van der Waals surface area contributed by atoms with Gasteiger partial charge in [0.15, 0.2) is 0 Å². The van der Waals surface area contributed by atoms with Crippen LogP contribution in [0.3, 0.4) is 0 Å². The summed E-state index contributed by atoms with van der Waals surface area (Å²) in [7, 11) is 1.54. The Labute approximate surface area is 184 Å². The molecule has 3 aromatic rings. The second-order valence-corrected chi connectivity index (χ2v) is 7.01. The molecule has 1 heterocycles. The van der Waals surface area contributed by atoms with Gasteiger partial charge >= 0.3 is 0 Å². The van der Waals surface area contributed by atoms with Crippen LogP contribution in [-0.2, 0) is 4.74 Å². The molecular formula is C24H20N4O4. The summed E-state index contributed by atoms with van der Waals surface area (Å²) in [4.78, 5) is 39.1. The monoisotopic (exact) mass is 428 g/mol. The molecule has 0 spiro atoms. The molecule has 0 saturated heterocycles. The van der Waals surface area contributed by atoms with Crippen LogP contribution < -0.4 is 10.2 Å². The van der Waals surface area contributed by atoms with Gasteiger partial charge in [-0.25, -0.2) is 4.90 Å². The number of anilines is 1. The number of imide groups is 1. The number of carbonyl (C=O) groups is 3. The third-order valence-corrected chi connectivity index (χ3v) is 4.89. The van der Waals surface area contributed by atoms with E-state index in [2.05, 4.69) is 15.5 Å². The summed E-state index contributed by atoms with van der Waals surface area (Å²) in [5.41, 5.74) is 2.49. The maximum Gasteiger partial charge on any atom is 0.266 e. The molecular weight excluding hydrogens is 408 g/mol. The van der Waals surface area contributed by atoms with Crippen LogP contribution in [0.15, 0.2) is 83.0 Å². The molecule has 160 valence electrons. The van der Waals surface area contributed by atoms with E-state index in [1.54, 1.807) is 31.4 Å². The lowest BCUT2D eigenvalue weighted by Gasteiger charge is -2.13. The molecule has 0 radical (unpaired) electrons. The van der Waals surface area contributed by atoms with Gasteiger partial charge < -0.3 is 10.1 Å². The zero-order valence-corrected chi connectivity index (χ0v) is 17.3. The number of carbonyl (C=O) groups excluding carboxylic acids is 3. The number of rotatable bonds is 7. The number of azo groups is 1. The molecule has 8 nitrogen and oxygen atoms in total. The number of fused-ring (bicyclic) bond motifs is 1. The fourth-order valence-corrected chi connectivity index (χ4v) is 3.26. The van der Waals surface area contributed by atoms with Crippen molar-refractivity contribution in [1.29, 1.82) is 0 Å². The maximum absolute atomic E-state index is 12.9. The van der Waals surface area contributed by atoms with Gasteiger partial charge in [0, 0.05) is 19.2 Å². The van der Waals surface area contributed by atoms with Crippen molar-refractivity contribution in [2.45, 2.75) is 0 Å². The molecule has 0 bridgehead atoms. The largest absolute Gasteiger partial charge is 0.383 e. The predicted molar refractivity (Wildman–Crippen MR) is 119 cm³/mol. The standard InChI is InChI=1S/C24H20N4O4/c1-32-14-13-25-22(29)16-7-12-20-21(15-16)24(31)28(23(20)30)19-10-8-18(9-11-19)27-26-17-5-3-2-4-6-17/h2-12,15H,13-14H2,1H3,(H,25,29). The first-order chi connectivity index (χ1) is 15.6. The van der Waals surface area contributed by atoms with Crippen molar-refractivity contribution in [2.24, 2.45) is 10.2 Å². The average molecular weight is 428 g/mol. The summed E-state index contributed by atoms with van der Waals surface area (Å²) in [6, 6.07) is 20.4. The van der Waals surface area contributed by atoms with Crippen LogP contribution in [0.5, 0.6) is 0 Å². The fraction of sp³-hybridized carbons (Fsp3) is 0.125. The SMILES string of the molecule is COCCNC(=O)c1ccc2c(c1)C(=O)N(c1ccc(N=Nc3ccccc3)cc1)C2=O. The van der Waals surface area contributed by atoms with Gasteiger partial charge in [0.2, 0.25) is 0 Å². The van der Waals surface area contributed by atoms with Crippen molar-refractivity contribution in [1.82, 2.24) is 5.32 Å². The van der Waals surface area contributed by atoms with Crippen molar-refractivity contribution in [2.75, 3.05) is 25.2 Å². The van der Waals surface area contributed by atoms with Gasteiger partial charge in [-0.15, -0.1) is 0 Å². The number of nitrogens with zero attached hydrogens (tertiary/aromatic N) is 3. The van der Waals surface area contributed by atoms with Gasteiger partial charge in [-0.3, -0.25) is 14.4 Å². The van der Waals surface area contributed by atoms with E-state index >= 15 is 0 Å². The van der Waals surface area contributed by atoms with Gasteiger partial charge in [-0.1, -0.05) is 18.2 Å². The van der Waals surface area contributed by atoms with Crippen molar-refractivity contribution in [3.8, 4) is 0 Å². The Bertz CT molecular complexity index is 1190. The van der Waals surface area contributed by atoms with Crippen LogP contribution in [-0.4, -0.2) is 38.0 Å². The Morgan fingerprint density at radius 2 is 1.53 bits per heavy atom. The average Bonchev–Trinajstić information content (AvgIpc) is 3.08. The van der Waals surface area contributed by atoms with Crippen LogP contribution in [0.2, 0.25) is 0 Å².